The molecule has 1 saturated heterocycles. The second-order valence-corrected chi connectivity index (χ2v) is 11.4. The summed E-state index contributed by atoms with van der Waals surface area (Å²) < 4.78 is 14.4. The van der Waals surface area contributed by atoms with Crippen LogP contribution in [0.4, 0.5) is 0 Å². The van der Waals surface area contributed by atoms with Crippen LogP contribution in [0.3, 0.4) is 0 Å². The highest BCUT2D eigenvalue weighted by molar-refractivity contribution is 6.31. The van der Waals surface area contributed by atoms with Gasteiger partial charge in [-0.1, -0.05) is 41.9 Å². The third kappa shape index (κ3) is 6.82. The molecule has 2 aromatic carbocycles. The van der Waals surface area contributed by atoms with Gasteiger partial charge in [0.15, 0.2) is 18.0 Å². The van der Waals surface area contributed by atoms with Crippen molar-refractivity contribution in [3.63, 3.8) is 0 Å². The number of halogens is 1. The van der Waals surface area contributed by atoms with E-state index in [0.717, 1.165) is 41.5 Å². The Morgan fingerprint density at radius 3 is 2.62 bits per heavy atom. The number of nitrogens with one attached hydrogen (secondary N) is 1. The number of hydrogen-bond donors (Lipinski definition) is 1. The molecule has 6 rings (SSSR count). The SMILES string of the molecule is COC(=O)C(NC(=O)c1nn(C2CCCCO2)c2ccc(Cl)cc12)c1cncc(Cc2ccc(Cn3ccccc3=O)cc2)c1. The quantitative estimate of drug-likeness (QED) is 0.223. The first kappa shape index (κ1) is 30.2. The summed E-state index contributed by atoms with van der Waals surface area (Å²) in [6, 6.07) is 19.0. The predicted molar refractivity (Wildman–Crippen MR) is 169 cm³/mol. The summed E-state index contributed by atoms with van der Waals surface area (Å²) in [7, 11) is 1.27. The Kier molecular flexibility index (Phi) is 9.04. The van der Waals surface area contributed by atoms with Crippen molar-refractivity contribution in [1.82, 2.24) is 24.6 Å². The summed E-state index contributed by atoms with van der Waals surface area (Å²) in [5, 5.41) is 8.47. The van der Waals surface area contributed by atoms with Gasteiger partial charge < -0.3 is 19.4 Å². The minimum Gasteiger partial charge on any atom is -0.467 e. The van der Waals surface area contributed by atoms with Crippen LogP contribution in [0.2, 0.25) is 5.02 Å². The van der Waals surface area contributed by atoms with Crippen molar-refractivity contribution in [2.75, 3.05) is 13.7 Å². The molecule has 1 aliphatic heterocycles. The van der Waals surface area contributed by atoms with Gasteiger partial charge in [0.1, 0.15) is 0 Å². The van der Waals surface area contributed by atoms with Crippen molar-refractivity contribution >= 4 is 34.4 Å². The lowest BCUT2D eigenvalue weighted by molar-refractivity contribution is -0.143. The number of nitrogens with zero attached hydrogens (tertiary/aromatic N) is 4. The maximum Gasteiger partial charge on any atom is 0.333 e. The lowest BCUT2D eigenvalue weighted by atomic mass is 10.0. The number of pyridine rings is 2. The first-order valence-corrected chi connectivity index (χ1v) is 15.1. The molecule has 1 fully saturated rings. The molecule has 10 nitrogen and oxygen atoms in total. The lowest BCUT2D eigenvalue weighted by Gasteiger charge is -2.23. The number of hydrogen-bond acceptors (Lipinski definition) is 7. The lowest BCUT2D eigenvalue weighted by Crippen LogP contribution is -2.35. The van der Waals surface area contributed by atoms with E-state index >= 15 is 0 Å². The molecule has 0 bridgehead atoms. The summed E-state index contributed by atoms with van der Waals surface area (Å²) in [4.78, 5) is 43.1. The summed E-state index contributed by atoms with van der Waals surface area (Å²) in [6.07, 6.45) is 8.02. The van der Waals surface area contributed by atoms with E-state index in [-0.39, 0.29) is 17.5 Å². The van der Waals surface area contributed by atoms with Crippen molar-refractivity contribution in [2.24, 2.45) is 0 Å². The van der Waals surface area contributed by atoms with Gasteiger partial charge in [-0.25, -0.2) is 9.48 Å². The number of carbonyl (C=O) groups is 2. The zero-order valence-corrected chi connectivity index (χ0v) is 25.4. The Labute approximate surface area is 264 Å². The molecule has 3 aromatic heterocycles. The Morgan fingerprint density at radius 2 is 1.87 bits per heavy atom. The first-order chi connectivity index (χ1) is 21.9. The molecule has 1 N–H and O–H groups in total. The van der Waals surface area contributed by atoms with E-state index in [1.807, 2.05) is 42.5 Å². The van der Waals surface area contributed by atoms with Gasteiger partial charge >= 0.3 is 5.97 Å². The van der Waals surface area contributed by atoms with E-state index in [4.69, 9.17) is 21.1 Å². The topological polar surface area (TPSA) is 117 Å². The normalized spacial score (nSPS) is 15.5. The van der Waals surface area contributed by atoms with Gasteiger partial charge in [0.05, 0.1) is 19.2 Å². The molecular weight excluding hydrogens is 594 g/mol. The number of aromatic nitrogens is 4. The van der Waals surface area contributed by atoms with Crippen LogP contribution in [-0.4, -0.2) is 44.9 Å². The van der Waals surface area contributed by atoms with Gasteiger partial charge in [0.25, 0.3) is 11.5 Å². The van der Waals surface area contributed by atoms with Crippen LogP contribution >= 0.6 is 11.6 Å². The average molecular weight is 626 g/mol. The fourth-order valence-electron chi connectivity index (χ4n) is 5.56. The number of benzene rings is 2. The Hall–Kier alpha value is -4.80. The molecule has 0 saturated carbocycles. The molecule has 2 unspecified atom stereocenters. The number of esters is 1. The highest BCUT2D eigenvalue weighted by atomic mass is 35.5. The van der Waals surface area contributed by atoms with Gasteiger partial charge in [0, 0.05) is 47.2 Å². The van der Waals surface area contributed by atoms with E-state index in [1.165, 1.54) is 19.4 Å². The summed E-state index contributed by atoms with van der Waals surface area (Å²) in [5.74, 6) is -1.19. The van der Waals surface area contributed by atoms with E-state index in [2.05, 4.69) is 15.4 Å². The largest absolute Gasteiger partial charge is 0.467 e. The number of methoxy groups -OCH3 is 1. The Bertz CT molecular complexity index is 1900. The van der Waals surface area contributed by atoms with E-state index < -0.39 is 17.9 Å². The number of fused-ring (bicyclic) bond motifs is 1. The molecule has 5 aromatic rings. The molecule has 1 amide bonds. The first-order valence-electron chi connectivity index (χ1n) is 14.7. The molecule has 4 heterocycles. The van der Waals surface area contributed by atoms with Crippen LogP contribution in [-0.2, 0) is 27.2 Å². The standard InChI is InChI=1S/C34H32ClN5O5/c1-44-34(43)31(37-33(42)32-27-18-26(35)12-13-28(27)40(38-32)30-7-3-5-15-45-30)25-17-24(19-36-20-25)16-22-8-10-23(11-9-22)21-39-14-4-2-6-29(39)41/h2,4,6,8-14,17-20,30-31H,3,5,7,15-16,21H2,1H3,(H,37,42). The second kappa shape index (κ2) is 13.5. The number of rotatable bonds is 9. The van der Waals surface area contributed by atoms with Crippen LogP contribution in [0.15, 0.2) is 90.1 Å². The van der Waals surface area contributed by atoms with Crippen LogP contribution in [0.25, 0.3) is 10.9 Å². The van der Waals surface area contributed by atoms with Crippen molar-refractivity contribution in [2.45, 2.75) is 44.5 Å². The molecule has 1 aliphatic rings. The van der Waals surface area contributed by atoms with Gasteiger partial charge in [-0.2, -0.15) is 5.10 Å². The number of amides is 1. The number of carbonyl (C=O) groups excluding carboxylic acids is 2. The van der Waals surface area contributed by atoms with Gasteiger partial charge in [-0.05, 0) is 72.7 Å². The molecular formula is C34H32ClN5O5. The average Bonchev–Trinajstić information content (AvgIpc) is 3.44. The van der Waals surface area contributed by atoms with Crippen molar-refractivity contribution < 1.29 is 19.1 Å². The van der Waals surface area contributed by atoms with E-state index in [9.17, 15) is 14.4 Å². The van der Waals surface area contributed by atoms with Crippen molar-refractivity contribution in [3.8, 4) is 0 Å². The minimum absolute atomic E-state index is 0.0553. The Morgan fingerprint density at radius 1 is 1.04 bits per heavy atom. The predicted octanol–water partition coefficient (Wildman–Crippen LogP) is 5.23. The van der Waals surface area contributed by atoms with Crippen molar-refractivity contribution in [1.29, 1.82) is 0 Å². The number of ether oxygens (including phenoxy) is 2. The molecule has 11 heteroatoms. The third-order valence-corrected chi connectivity index (χ3v) is 8.09. The molecule has 0 radical (unpaired) electrons. The van der Waals surface area contributed by atoms with Crippen LogP contribution in [0.1, 0.15) is 64.3 Å². The van der Waals surface area contributed by atoms with E-state index in [0.29, 0.717) is 35.5 Å². The zero-order chi connectivity index (χ0) is 31.3. The summed E-state index contributed by atoms with van der Waals surface area (Å²) in [6.45, 7) is 1.10. The molecule has 0 spiro atoms. The van der Waals surface area contributed by atoms with Gasteiger partial charge in [-0.15, -0.1) is 0 Å². The minimum atomic E-state index is -1.12. The van der Waals surface area contributed by atoms with Crippen LogP contribution in [0.5, 0.6) is 0 Å². The molecule has 2 atom stereocenters. The second-order valence-electron chi connectivity index (χ2n) is 11.0. The zero-order valence-electron chi connectivity index (χ0n) is 24.7. The van der Waals surface area contributed by atoms with Crippen LogP contribution < -0.4 is 10.9 Å². The van der Waals surface area contributed by atoms with E-state index in [1.54, 1.807) is 39.8 Å². The molecule has 45 heavy (non-hydrogen) atoms. The smallest absolute Gasteiger partial charge is 0.333 e. The van der Waals surface area contributed by atoms with Crippen molar-refractivity contribution in [3.05, 3.63) is 129 Å². The third-order valence-electron chi connectivity index (χ3n) is 7.86. The van der Waals surface area contributed by atoms with Crippen LogP contribution in [0, 0.1) is 0 Å². The monoisotopic (exact) mass is 625 g/mol. The summed E-state index contributed by atoms with van der Waals surface area (Å²) in [5.41, 5.74) is 4.15. The maximum absolute atomic E-state index is 13.7. The maximum atomic E-state index is 13.7. The fraction of sp³-hybridized carbons (Fsp3) is 0.265. The molecule has 230 valence electrons. The highest BCUT2D eigenvalue weighted by Crippen LogP contribution is 2.30. The fourth-order valence-corrected chi connectivity index (χ4v) is 5.73. The highest BCUT2D eigenvalue weighted by Gasteiger charge is 2.29. The summed E-state index contributed by atoms with van der Waals surface area (Å²) >= 11 is 6.30. The Balaban J connectivity index is 1.22. The van der Waals surface area contributed by atoms with Gasteiger partial charge in [0.2, 0.25) is 0 Å². The van der Waals surface area contributed by atoms with Gasteiger partial charge in [-0.3, -0.25) is 14.6 Å². The molecule has 0 aliphatic carbocycles.